The van der Waals surface area contributed by atoms with E-state index in [1.807, 2.05) is 6.92 Å². The van der Waals surface area contributed by atoms with Gasteiger partial charge in [-0.1, -0.05) is 19.0 Å². The van der Waals surface area contributed by atoms with Gasteiger partial charge >= 0.3 is 0 Å². The highest BCUT2D eigenvalue weighted by Gasteiger charge is 2.43. The standard InChI is InChI=1S/C12H21N3O2/c1-4-16-7-10-14-11(17-15-10)12(9(2)3)5-6-13-8-12/h9,13H,4-8H2,1-3H3. The topological polar surface area (TPSA) is 60.2 Å². The maximum absolute atomic E-state index is 5.43. The van der Waals surface area contributed by atoms with Crippen molar-refractivity contribution in [3.05, 3.63) is 11.7 Å². The Labute approximate surface area is 102 Å². The molecular formula is C12H21N3O2. The van der Waals surface area contributed by atoms with Crippen molar-refractivity contribution in [2.24, 2.45) is 5.92 Å². The molecule has 2 heterocycles. The van der Waals surface area contributed by atoms with Crippen molar-refractivity contribution in [3.8, 4) is 0 Å². The quantitative estimate of drug-likeness (QED) is 0.843. The van der Waals surface area contributed by atoms with Crippen LogP contribution in [-0.4, -0.2) is 29.8 Å². The molecule has 1 aromatic heterocycles. The number of hydrogen-bond acceptors (Lipinski definition) is 5. The summed E-state index contributed by atoms with van der Waals surface area (Å²) in [6.07, 6.45) is 1.06. The molecule has 1 aromatic rings. The van der Waals surface area contributed by atoms with Crippen molar-refractivity contribution < 1.29 is 9.26 Å². The lowest BCUT2D eigenvalue weighted by atomic mass is 9.76. The van der Waals surface area contributed by atoms with Gasteiger partial charge in [0, 0.05) is 13.2 Å². The van der Waals surface area contributed by atoms with Crippen molar-refractivity contribution in [3.63, 3.8) is 0 Å². The lowest BCUT2D eigenvalue weighted by Gasteiger charge is -2.27. The highest BCUT2D eigenvalue weighted by molar-refractivity contribution is 5.11. The molecule has 1 saturated heterocycles. The molecule has 1 fully saturated rings. The zero-order valence-electron chi connectivity index (χ0n) is 10.8. The third kappa shape index (κ3) is 2.35. The summed E-state index contributed by atoms with van der Waals surface area (Å²) in [5.41, 5.74) is -0.00252. The summed E-state index contributed by atoms with van der Waals surface area (Å²) in [5.74, 6) is 1.89. The second-order valence-electron chi connectivity index (χ2n) is 4.89. The van der Waals surface area contributed by atoms with Crippen LogP contribution in [-0.2, 0) is 16.8 Å². The maximum atomic E-state index is 5.43. The van der Waals surface area contributed by atoms with E-state index in [-0.39, 0.29) is 5.41 Å². The van der Waals surface area contributed by atoms with Gasteiger partial charge in [-0.15, -0.1) is 0 Å². The first-order valence-corrected chi connectivity index (χ1v) is 6.30. The fourth-order valence-electron chi connectivity index (χ4n) is 2.34. The summed E-state index contributed by atoms with van der Waals surface area (Å²) >= 11 is 0. The fourth-order valence-corrected chi connectivity index (χ4v) is 2.34. The van der Waals surface area contributed by atoms with Gasteiger partial charge in [-0.05, 0) is 25.8 Å². The third-order valence-corrected chi connectivity index (χ3v) is 3.62. The van der Waals surface area contributed by atoms with E-state index in [4.69, 9.17) is 9.26 Å². The van der Waals surface area contributed by atoms with Crippen molar-refractivity contribution in [1.29, 1.82) is 0 Å². The van der Waals surface area contributed by atoms with Crippen LogP contribution in [0.1, 0.15) is 38.9 Å². The molecular weight excluding hydrogens is 218 g/mol. The van der Waals surface area contributed by atoms with Gasteiger partial charge in [-0.2, -0.15) is 4.98 Å². The van der Waals surface area contributed by atoms with Gasteiger partial charge in [0.15, 0.2) is 5.82 Å². The van der Waals surface area contributed by atoms with Crippen molar-refractivity contribution in [2.45, 2.75) is 39.2 Å². The minimum atomic E-state index is -0.00252. The Morgan fingerprint density at radius 3 is 2.94 bits per heavy atom. The van der Waals surface area contributed by atoms with E-state index >= 15 is 0 Å². The SMILES string of the molecule is CCOCc1noc(C2(C(C)C)CCNC2)n1. The lowest BCUT2D eigenvalue weighted by Crippen LogP contribution is -2.35. The van der Waals surface area contributed by atoms with Crippen LogP contribution in [0.5, 0.6) is 0 Å². The molecule has 5 heteroatoms. The van der Waals surface area contributed by atoms with Crippen LogP contribution in [0, 0.1) is 5.92 Å². The minimum Gasteiger partial charge on any atom is -0.374 e. The maximum Gasteiger partial charge on any atom is 0.234 e. The summed E-state index contributed by atoms with van der Waals surface area (Å²) in [5, 5.41) is 7.37. The predicted octanol–water partition coefficient (Wildman–Crippen LogP) is 1.49. The summed E-state index contributed by atoms with van der Waals surface area (Å²) in [6.45, 7) is 9.40. The first-order chi connectivity index (χ1) is 8.19. The molecule has 0 radical (unpaired) electrons. The predicted molar refractivity (Wildman–Crippen MR) is 63.6 cm³/mol. The van der Waals surface area contributed by atoms with Crippen LogP contribution in [0.4, 0.5) is 0 Å². The second-order valence-corrected chi connectivity index (χ2v) is 4.89. The van der Waals surface area contributed by atoms with Crippen LogP contribution in [0.25, 0.3) is 0 Å². The van der Waals surface area contributed by atoms with E-state index in [1.165, 1.54) is 0 Å². The molecule has 0 spiro atoms. The highest BCUT2D eigenvalue weighted by atomic mass is 16.5. The Kier molecular flexibility index (Phi) is 3.79. The number of rotatable bonds is 5. The average Bonchev–Trinajstić information content (AvgIpc) is 2.95. The van der Waals surface area contributed by atoms with Gasteiger partial charge in [-0.3, -0.25) is 0 Å². The molecule has 1 N–H and O–H groups in total. The van der Waals surface area contributed by atoms with Crippen molar-refractivity contribution >= 4 is 0 Å². The van der Waals surface area contributed by atoms with E-state index < -0.39 is 0 Å². The molecule has 0 aliphatic carbocycles. The van der Waals surface area contributed by atoms with Crippen molar-refractivity contribution in [1.82, 2.24) is 15.5 Å². The van der Waals surface area contributed by atoms with Crippen LogP contribution in [0.15, 0.2) is 4.52 Å². The Bertz CT molecular complexity index is 356. The number of aromatic nitrogens is 2. The molecule has 2 rings (SSSR count). The van der Waals surface area contributed by atoms with Gasteiger partial charge < -0.3 is 14.6 Å². The Morgan fingerprint density at radius 1 is 1.53 bits per heavy atom. The molecule has 1 unspecified atom stereocenters. The summed E-state index contributed by atoms with van der Waals surface area (Å²) in [7, 11) is 0. The van der Waals surface area contributed by atoms with E-state index in [9.17, 15) is 0 Å². The zero-order valence-corrected chi connectivity index (χ0v) is 10.8. The van der Waals surface area contributed by atoms with E-state index in [1.54, 1.807) is 0 Å². The molecule has 96 valence electrons. The van der Waals surface area contributed by atoms with Gasteiger partial charge in [-0.25, -0.2) is 0 Å². The van der Waals surface area contributed by atoms with E-state index in [2.05, 4.69) is 29.3 Å². The number of ether oxygens (including phenoxy) is 1. The van der Waals surface area contributed by atoms with Crippen molar-refractivity contribution in [2.75, 3.05) is 19.7 Å². The number of hydrogen-bond donors (Lipinski definition) is 1. The van der Waals surface area contributed by atoms with Gasteiger partial charge in [0.25, 0.3) is 0 Å². The minimum absolute atomic E-state index is 0.00252. The van der Waals surface area contributed by atoms with E-state index in [0.717, 1.165) is 25.4 Å². The molecule has 1 aliphatic rings. The largest absolute Gasteiger partial charge is 0.374 e. The fraction of sp³-hybridized carbons (Fsp3) is 0.833. The molecule has 1 aliphatic heterocycles. The average molecular weight is 239 g/mol. The normalized spacial score (nSPS) is 24.7. The molecule has 1 atom stereocenters. The summed E-state index contributed by atoms with van der Waals surface area (Å²) in [6, 6.07) is 0. The van der Waals surface area contributed by atoms with Gasteiger partial charge in [0.1, 0.15) is 6.61 Å². The van der Waals surface area contributed by atoms with Crippen LogP contribution in [0.2, 0.25) is 0 Å². The molecule has 5 nitrogen and oxygen atoms in total. The zero-order chi connectivity index (χ0) is 12.3. The number of nitrogens with zero attached hydrogens (tertiary/aromatic N) is 2. The van der Waals surface area contributed by atoms with Gasteiger partial charge in [0.05, 0.1) is 5.41 Å². The van der Waals surface area contributed by atoms with Crippen LogP contribution in [0.3, 0.4) is 0 Å². The highest BCUT2D eigenvalue weighted by Crippen LogP contribution is 2.36. The summed E-state index contributed by atoms with van der Waals surface area (Å²) in [4.78, 5) is 4.48. The molecule has 0 amide bonds. The lowest BCUT2D eigenvalue weighted by molar-refractivity contribution is 0.126. The van der Waals surface area contributed by atoms with Crippen LogP contribution >= 0.6 is 0 Å². The Morgan fingerprint density at radius 2 is 2.35 bits per heavy atom. The van der Waals surface area contributed by atoms with Crippen LogP contribution < -0.4 is 5.32 Å². The van der Waals surface area contributed by atoms with Gasteiger partial charge in [0.2, 0.25) is 5.89 Å². The second kappa shape index (κ2) is 5.14. The molecule has 0 bridgehead atoms. The smallest absolute Gasteiger partial charge is 0.234 e. The Balaban J connectivity index is 2.16. The van der Waals surface area contributed by atoms with E-state index in [0.29, 0.717) is 25.0 Å². The number of nitrogens with one attached hydrogen (secondary N) is 1. The molecule has 17 heavy (non-hydrogen) atoms. The third-order valence-electron chi connectivity index (χ3n) is 3.62. The molecule has 0 saturated carbocycles. The summed E-state index contributed by atoms with van der Waals surface area (Å²) < 4.78 is 10.7. The molecule has 0 aromatic carbocycles. The monoisotopic (exact) mass is 239 g/mol. The first kappa shape index (κ1) is 12.5. The first-order valence-electron chi connectivity index (χ1n) is 6.30. The Hall–Kier alpha value is -0.940.